The molecule has 0 aromatic carbocycles. The number of Topliss-reactive ketones (excluding diaryl/α,β-unsaturated/α-hetero) is 1. The Morgan fingerprint density at radius 3 is 2.47 bits per heavy atom. The number of nitrogens with one attached hydrogen (secondary N) is 1. The molecule has 1 N–H and O–H groups in total. The van der Waals surface area contributed by atoms with Gasteiger partial charge < -0.3 is 4.90 Å². The van der Waals surface area contributed by atoms with Gasteiger partial charge in [-0.15, -0.1) is 0 Å². The number of quaternary nitrogens is 1. The smallest absolute Gasteiger partial charge is 0.145 e. The van der Waals surface area contributed by atoms with Gasteiger partial charge in [-0.1, -0.05) is 20.8 Å². The van der Waals surface area contributed by atoms with E-state index in [1.807, 2.05) is 0 Å². The molecule has 2 saturated carbocycles. The zero-order valence-electron chi connectivity index (χ0n) is 10.6. The van der Waals surface area contributed by atoms with E-state index in [-0.39, 0.29) is 0 Å². The molecular weight excluding hydrogens is 186 g/mol. The Morgan fingerprint density at radius 2 is 2.00 bits per heavy atom. The van der Waals surface area contributed by atoms with Crippen LogP contribution >= 0.6 is 0 Å². The first-order valence-electron chi connectivity index (χ1n) is 6.18. The molecule has 0 aromatic heterocycles. The molecule has 0 unspecified atom stereocenters. The first-order valence-corrected chi connectivity index (χ1v) is 6.18. The van der Waals surface area contributed by atoms with Gasteiger partial charge in [-0.3, -0.25) is 4.79 Å². The Bertz CT molecular complexity index is 282. The first-order chi connectivity index (χ1) is 6.85. The van der Waals surface area contributed by atoms with Crippen molar-refractivity contribution in [3.8, 4) is 0 Å². The molecule has 15 heavy (non-hydrogen) atoms. The van der Waals surface area contributed by atoms with Gasteiger partial charge in [-0.25, -0.2) is 0 Å². The molecule has 0 heterocycles. The monoisotopic (exact) mass is 210 g/mol. The average molecular weight is 210 g/mol. The van der Waals surface area contributed by atoms with Crippen molar-refractivity contribution >= 4 is 5.78 Å². The van der Waals surface area contributed by atoms with E-state index in [1.165, 1.54) is 4.90 Å². The predicted octanol–water partition coefficient (Wildman–Crippen LogP) is 0.628. The molecule has 2 aliphatic rings. The summed E-state index contributed by atoms with van der Waals surface area (Å²) >= 11 is 0. The van der Waals surface area contributed by atoms with Crippen LogP contribution in [0.1, 0.15) is 27.2 Å². The number of rotatable bonds is 2. The van der Waals surface area contributed by atoms with Gasteiger partial charge in [0.1, 0.15) is 5.78 Å². The summed E-state index contributed by atoms with van der Waals surface area (Å²) in [6.07, 6.45) is 1.16. The lowest BCUT2D eigenvalue weighted by atomic mass is 9.65. The van der Waals surface area contributed by atoms with Gasteiger partial charge in [0.2, 0.25) is 0 Å². The van der Waals surface area contributed by atoms with Crippen LogP contribution in [0.3, 0.4) is 0 Å². The fourth-order valence-corrected chi connectivity index (χ4v) is 3.84. The summed E-state index contributed by atoms with van der Waals surface area (Å²) in [4.78, 5) is 13.6. The van der Waals surface area contributed by atoms with Gasteiger partial charge in [-0.05, 0) is 23.7 Å². The van der Waals surface area contributed by atoms with Crippen molar-refractivity contribution in [1.82, 2.24) is 0 Å². The molecule has 0 radical (unpaired) electrons. The summed E-state index contributed by atoms with van der Waals surface area (Å²) in [5.74, 6) is 2.50. The van der Waals surface area contributed by atoms with Gasteiger partial charge in [0, 0.05) is 5.92 Å². The Morgan fingerprint density at radius 1 is 1.40 bits per heavy atom. The van der Waals surface area contributed by atoms with Crippen LogP contribution in [0.2, 0.25) is 0 Å². The van der Waals surface area contributed by atoms with E-state index in [0.717, 1.165) is 13.0 Å². The minimum Gasteiger partial charge on any atom is -0.339 e. The number of fused-ring (bicyclic) bond motifs is 2. The standard InChI is InChI=1S/C13H23NO/c1-8-9-6-11(13(8,2)3)10(12(9)15)7-14(4)5/h8-11H,6-7H2,1-5H3/p+1/t8-,9+,10+,11-/m1/s1. The van der Waals surface area contributed by atoms with Crippen molar-refractivity contribution in [3.05, 3.63) is 0 Å². The molecule has 2 aliphatic carbocycles. The quantitative estimate of drug-likeness (QED) is 0.709. The SMILES string of the molecule is C[C@@H]1[C@@H]2C[C@H]([C@H](C[NH+](C)C)C2=O)C1(C)C. The molecule has 2 fully saturated rings. The second kappa shape index (κ2) is 3.31. The lowest BCUT2D eigenvalue weighted by Crippen LogP contribution is -3.06. The molecule has 2 bridgehead atoms. The van der Waals surface area contributed by atoms with E-state index in [1.54, 1.807) is 0 Å². The zero-order valence-corrected chi connectivity index (χ0v) is 10.6. The third-order valence-electron chi connectivity index (χ3n) is 5.09. The van der Waals surface area contributed by atoms with Crippen molar-refractivity contribution in [1.29, 1.82) is 0 Å². The minimum atomic E-state index is 0.339. The molecule has 2 nitrogen and oxygen atoms in total. The van der Waals surface area contributed by atoms with Crippen LogP contribution in [0.4, 0.5) is 0 Å². The van der Waals surface area contributed by atoms with Gasteiger partial charge in [0.05, 0.1) is 26.6 Å². The molecule has 0 saturated heterocycles. The van der Waals surface area contributed by atoms with Gasteiger partial charge in [-0.2, -0.15) is 0 Å². The minimum absolute atomic E-state index is 0.339. The van der Waals surface area contributed by atoms with Crippen molar-refractivity contribution < 1.29 is 9.69 Å². The zero-order chi connectivity index (χ0) is 11.4. The molecule has 2 rings (SSSR count). The Hall–Kier alpha value is -0.370. The fourth-order valence-electron chi connectivity index (χ4n) is 3.84. The first kappa shape index (κ1) is 11.1. The highest BCUT2D eigenvalue weighted by Gasteiger charge is 2.60. The number of ketones is 1. The molecule has 0 amide bonds. The van der Waals surface area contributed by atoms with Crippen LogP contribution in [-0.4, -0.2) is 26.4 Å². The summed E-state index contributed by atoms with van der Waals surface area (Å²) in [6, 6.07) is 0. The van der Waals surface area contributed by atoms with Crippen LogP contribution in [0.15, 0.2) is 0 Å². The molecular formula is C13H24NO+. The van der Waals surface area contributed by atoms with Crippen LogP contribution in [0.5, 0.6) is 0 Å². The average Bonchev–Trinajstić information content (AvgIpc) is 2.52. The van der Waals surface area contributed by atoms with Crippen LogP contribution in [0, 0.1) is 29.1 Å². The van der Waals surface area contributed by atoms with E-state index in [9.17, 15) is 4.79 Å². The molecule has 0 aliphatic heterocycles. The van der Waals surface area contributed by atoms with E-state index in [0.29, 0.717) is 34.9 Å². The highest BCUT2D eigenvalue weighted by Crippen LogP contribution is 2.59. The van der Waals surface area contributed by atoms with Crippen molar-refractivity contribution in [3.63, 3.8) is 0 Å². The summed E-state index contributed by atoms with van der Waals surface area (Å²) in [6.45, 7) is 8.00. The third kappa shape index (κ3) is 1.45. The van der Waals surface area contributed by atoms with Crippen LogP contribution in [-0.2, 0) is 4.79 Å². The van der Waals surface area contributed by atoms with Gasteiger partial charge >= 0.3 is 0 Å². The number of hydrogen-bond donors (Lipinski definition) is 1. The molecule has 0 aromatic rings. The number of hydrogen-bond acceptors (Lipinski definition) is 1. The summed E-state index contributed by atoms with van der Waals surface area (Å²) < 4.78 is 0. The number of carbonyl (C=O) groups excluding carboxylic acids is 1. The molecule has 4 atom stereocenters. The highest BCUT2D eigenvalue weighted by molar-refractivity contribution is 5.87. The van der Waals surface area contributed by atoms with Gasteiger partial charge in [0.25, 0.3) is 0 Å². The van der Waals surface area contributed by atoms with E-state index < -0.39 is 0 Å². The van der Waals surface area contributed by atoms with Crippen molar-refractivity contribution in [2.75, 3.05) is 20.6 Å². The largest absolute Gasteiger partial charge is 0.339 e. The second-order valence-corrected chi connectivity index (χ2v) is 6.48. The van der Waals surface area contributed by atoms with E-state index in [4.69, 9.17) is 0 Å². The Balaban J connectivity index is 2.21. The maximum Gasteiger partial charge on any atom is 0.145 e. The van der Waals surface area contributed by atoms with Crippen molar-refractivity contribution in [2.45, 2.75) is 27.2 Å². The lowest BCUT2D eigenvalue weighted by Gasteiger charge is -2.39. The number of carbonyl (C=O) groups is 1. The normalized spacial score (nSPS) is 42.9. The Kier molecular flexibility index (Phi) is 2.45. The predicted molar refractivity (Wildman–Crippen MR) is 60.7 cm³/mol. The highest BCUT2D eigenvalue weighted by atomic mass is 16.1. The Labute approximate surface area is 93.0 Å². The second-order valence-electron chi connectivity index (χ2n) is 6.48. The lowest BCUT2D eigenvalue weighted by molar-refractivity contribution is -0.861. The maximum absolute atomic E-state index is 12.2. The van der Waals surface area contributed by atoms with Crippen LogP contribution in [0.25, 0.3) is 0 Å². The maximum atomic E-state index is 12.2. The summed E-state index contributed by atoms with van der Waals surface area (Å²) in [5, 5.41) is 0. The third-order valence-corrected chi connectivity index (χ3v) is 5.09. The summed E-state index contributed by atoms with van der Waals surface area (Å²) in [5.41, 5.74) is 0.374. The van der Waals surface area contributed by atoms with E-state index >= 15 is 0 Å². The fraction of sp³-hybridized carbons (Fsp3) is 0.923. The van der Waals surface area contributed by atoms with Crippen LogP contribution < -0.4 is 4.90 Å². The van der Waals surface area contributed by atoms with E-state index in [2.05, 4.69) is 34.9 Å². The summed E-state index contributed by atoms with van der Waals surface area (Å²) in [7, 11) is 4.30. The molecule has 2 heteroatoms. The molecule has 86 valence electrons. The molecule has 0 spiro atoms. The topological polar surface area (TPSA) is 21.5 Å². The van der Waals surface area contributed by atoms with Crippen molar-refractivity contribution in [2.24, 2.45) is 29.1 Å². The van der Waals surface area contributed by atoms with Gasteiger partial charge in [0.15, 0.2) is 0 Å².